The molecule has 19 heavy (non-hydrogen) atoms. The summed E-state index contributed by atoms with van der Waals surface area (Å²) >= 11 is 7.49. The minimum atomic E-state index is -0.177. The number of hydrogen-bond acceptors (Lipinski definition) is 2. The zero-order chi connectivity index (χ0) is 13.8. The number of aryl methyl sites for hydroxylation is 1. The minimum Gasteiger partial charge on any atom is -0.306 e. The standard InChI is InChI=1S/C15H17ClFNS/c1-3-8-18-15(13-6-7-14(16)19-13)11-9-10(2)4-5-12(11)17/h4-7,9,15,18H,3,8H2,1-2H3. The van der Waals surface area contributed by atoms with Crippen LogP contribution in [0.15, 0.2) is 30.3 Å². The molecule has 1 heterocycles. The van der Waals surface area contributed by atoms with Crippen molar-refractivity contribution in [1.29, 1.82) is 0 Å². The van der Waals surface area contributed by atoms with Crippen LogP contribution in [0.4, 0.5) is 4.39 Å². The lowest BCUT2D eigenvalue weighted by molar-refractivity contribution is 0.550. The maximum absolute atomic E-state index is 14.1. The molecule has 0 spiro atoms. The second-order valence-corrected chi connectivity index (χ2v) is 6.30. The van der Waals surface area contributed by atoms with Crippen LogP contribution in [0.1, 0.15) is 35.4 Å². The smallest absolute Gasteiger partial charge is 0.128 e. The third-order valence-corrected chi connectivity index (χ3v) is 4.24. The number of nitrogens with one attached hydrogen (secondary N) is 1. The first-order valence-corrected chi connectivity index (χ1v) is 7.56. The summed E-state index contributed by atoms with van der Waals surface area (Å²) < 4.78 is 14.8. The highest BCUT2D eigenvalue weighted by atomic mass is 35.5. The van der Waals surface area contributed by atoms with E-state index in [1.807, 2.05) is 25.1 Å². The monoisotopic (exact) mass is 297 g/mol. The van der Waals surface area contributed by atoms with Crippen molar-refractivity contribution in [2.45, 2.75) is 26.3 Å². The first kappa shape index (κ1) is 14.5. The third kappa shape index (κ3) is 3.56. The van der Waals surface area contributed by atoms with E-state index in [9.17, 15) is 4.39 Å². The summed E-state index contributed by atoms with van der Waals surface area (Å²) in [6, 6.07) is 8.91. The van der Waals surface area contributed by atoms with Crippen LogP contribution in [-0.2, 0) is 0 Å². The Morgan fingerprint density at radius 3 is 2.74 bits per heavy atom. The highest BCUT2D eigenvalue weighted by Gasteiger charge is 2.19. The fourth-order valence-corrected chi connectivity index (χ4v) is 3.18. The van der Waals surface area contributed by atoms with E-state index in [0.717, 1.165) is 27.7 Å². The van der Waals surface area contributed by atoms with Crippen LogP contribution >= 0.6 is 22.9 Å². The first-order chi connectivity index (χ1) is 9.11. The molecule has 0 fully saturated rings. The molecule has 2 aromatic rings. The Bertz CT molecular complexity index is 553. The van der Waals surface area contributed by atoms with Gasteiger partial charge in [-0.3, -0.25) is 0 Å². The summed E-state index contributed by atoms with van der Waals surface area (Å²) in [5.41, 5.74) is 1.74. The molecule has 1 unspecified atom stereocenters. The average Bonchev–Trinajstić information content (AvgIpc) is 2.80. The van der Waals surface area contributed by atoms with Crippen LogP contribution in [0.25, 0.3) is 0 Å². The summed E-state index contributed by atoms with van der Waals surface area (Å²) in [7, 11) is 0. The normalized spacial score (nSPS) is 12.6. The van der Waals surface area contributed by atoms with Gasteiger partial charge in [-0.05, 0) is 38.1 Å². The first-order valence-electron chi connectivity index (χ1n) is 6.36. The summed E-state index contributed by atoms with van der Waals surface area (Å²) in [6.07, 6.45) is 1.00. The van der Waals surface area contributed by atoms with Gasteiger partial charge in [0.2, 0.25) is 0 Å². The van der Waals surface area contributed by atoms with Gasteiger partial charge in [-0.25, -0.2) is 4.39 Å². The molecule has 4 heteroatoms. The van der Waals surface area contributed by atoms with Gasteiger partial charge in [-0.15, -0.1) is 11.3 Å². The van der Waals surface area contributed by atoms with Crippen molar-refractivity contribution in [3.63, 3.8) is 0 Å². The zero-order valence-corrected chi connectivity index (χ0v) is 12.6. The molecule has 0 aliphatic carbocycles. The van der Waals surface area contributed by atoms with Crippen molar-refractivity contribution in [2.24, 2.45) is 0 Å². The quantitative estimate of drug-likeness (QED) is 0.824. The molecule has 1 aromatic heterocycles. The number of benzene rings is 1. The van der Waals surface area contributed by atoms with Crippen molar-refractivity contribution < 1.29 is 4.39 Å². The van der Waals surface area contributed by atoms with Gasteiger partial charge in [0.05, 0.1) is 10.4 Å². The highest BCUT2D eigenvalue weighted by Crippen LogP contribution is 2.32. The predicted molar refractivity (Wildman–Crippen MR) is 80.6 cm³/mol. The Morgan fingerprint density at radius 2 is 2.11 bits per heavy atom. The van der Waals surface area contributed by atoms with Crippen LogP contribution in [-0.4, -0.2) is 6.54 Å². The lowest BCUT2D eigenvalue weighted by Gasteiger charge is -2.19. The molecule has 0 radical (unpaired) electrons. The largest absolute Gasteiger partial charge is 0.306 e. The Morgan fingerprint density at radius 1 is 1.32 bits per heavy atom. The number of hydrogen-bond donors (Lipinski definition) is 1. The number of halogens is 2. The van der Waals surface area contributed by atoms with Gasteiger partial charge in [0, 0.05) is 10.4 Å². The SMILES string of the molecule is CCCNC(c1ccc(Cl)s1)c1cc(C)ccc1F. The van der Waals surface area contributed by atoms with Gasteiger partial charge in [-0.1, -0.05) is 36.2 Å². The van der Waals surface area contributed by atoms with E-state index in [1.54, 1.807) is 6.07 Å². The molecule has 0 bridgehead atoms. The molecular weight excluding hydrogens is 281 g/mol. The second-order valence-electron chi connectivity index (χ2n) is 4.55. The molecule has 0 saturated heterocycles. The van der Waals surface area contributed by atoms with Gasteiger partial charge in [0.25, 0.3) is 0 Å². The third-order valence-electron chi connectivity index (χ3n) is 2.94. The van der Waals surface area contributed by atoms with Gasteiger partial charge >= 0.3 is 0 Å². The molecule has 0 saturated carbocycles. The molecule has 1 nitrogen and oxygen atoms in total. The van der Waals surface area contributed by atoms with Crippen LogP contribution in [0.2, 0.25) is 4.34 Å². The Balaban J connectivity index is 2.39. The maximum atomic E-state index is 14.1. The van der Waals surface area contributed by atoms with E-state index >= 15 is 0 Å². The molecule has 0 aliphatic heterocycles. The van der Waals surface area contributed by atoms with E-state index in [0.29, 0.717) is 5.56 Å². The van der Waals surface area contributed by atoms with Gasteiger partial charge in [0.1, 0.15) is 5.82 Å². The fourth-order valence-electron chi connectivity index (χ4n) is 2.02. The van der Waals surface area contributed by atoms with Gasteiger partial charge in [-0.2, -0.15) is 0 Å². The van der Waals surface area contributed by atoms with E-state index in [4.69, 9.17) is 11.6 Å². The van der Waals surface area contributed by atoms with E-state index in [-0.39, 0.29) is 11.9 Å². The Kier molecular flexibility index (Phi) is 4.97. The summed E-state index contributed by atoms with van der Waals surface area (Å²) in [6.45, 7) is 4.91. The predicted octanol–water partition coefficient (Wildman–Crippen LogP) is 4.94. The highest BCUT2D eigenvalue weighted by molar-refractivity contribution is 7.16. The summed E-state index contributed by atoms with van der Waals surface area (Å²) in [5.74, 6) is -0.177. The second kappa shape index (κ2) is 6.51. The fraction of sp³-hybridized carbons (Fsp3) is 0.333. The summed E-state index contributed by atoms with van der Waals surface area (Å²) in [4.78, 5) is 1.04. The van der Waals surface area contributed by atoms with Crippen molar-refractivity contribution in [2.75, 3.05) is 6.54 Å². The minimum absolute atomic E-state index is 0.127. The molecule has 2 rings (SSSR count). The van der Waals surface area contributed by atoms with Crippen molar-refractivity contribution in [3.05, 3.63) is 56.5 Å². The molecule has 0 aliphatic rings. The molecule has 102 valence electrons. The number of thiophene rings is 1. The number of rotatable bonds is 5. The van der Waals surface area contributed by atoms with Crippen LogP contribution < -0.4 is 5.32 Å². The molecule has 1 aromatic carbocycles. The summed E-state index contributed by atoms with van der Waals surface area (Å²) in [5, 5.41) is 3.40. The lowest BCUT2D eigenvalue weighted by Crippen LogP contribution is -2.23. The average molecular weight is 298 g/mol. The van der Waals surface area contributed by atoms with E-state index in [1.165, 1.54) is 17.4 Å². The van der Waals surface area contributed by atoms with Crippen molar-refractivity contribution in [1.82, 2.24) is 5.32 Å². The van der Waals surface area contributed by atoms with Crippen LogP contribution in [0.5, 0.6) is 0 Å². The van der Waals surface area contributed by atoms with Crippen LogP contribution in [0, 0.1) is 12.7 Å². The lowest BCUT2D eigenvalue weighted by atomic mass is 10.0. The molecule has 0 amide bonds. The Hall–Kier alpha value is -0.900. The molecular formula is C15H17ClFNS. The Labute approximate surface area is 122 Å². The van der Waals surface area contributed by atoms with E-state index in [2.05, 4.69) is 12.2 Å². The van der Waals surface area contributed by atoms with Crippen molar-refractivity contribution in [3.8, 4) is 0 Å². The van der Waals surface area contributed by atoms with Crippen molar-refractivity contribution >= 4 is 22.9 Å². The van der Waals surface area contributed by atoms with E-state index < -0.39 is 0 Å². The topological polar surface area (TPSA) is 12.0 Å². The molecule has 1 atom stereocenters. The van der Waals surface area contributed by atoms with Crippen LogP contribution in [0.3, 0.4) is 0 Å². The maximum Gasteiger partial charge on any atom is 0.128 e. The van der Waals surface area contributed by atoms with Gasteiger partial charge in [0.15, 0.2) is 0 Å². The van der Waals surface area contributed by atoms with Gasteiger partial charge < -0.3 is 5.32 Å². The zero-order valence-electron chi connectivity index (χ0n) is 11.0. The molecule has 1 N–H and O–H groups in total.